The minimum atomic E-state index is -4.76. The summed E-state index contributed by atoms with van der Waals surface area (Å²) in [6, 6.07) is 8.02. The van der Waals surface area contributed by atoms with Gasteiger partial charge in [0, 0.05) is 11.8 Å². The molecule has 0 fully saturated rings. The van der Waals surface area contributed by atoms with Gasteiger partial charge >= 0.3 is 6.36 Å². The van der Waals surface area contributed by atoms with Crippen molar-refractivity contribution >= 4 is 28.9 Å². The Morgan fingerprint density at radius 1 is 1.07 bits per heavy atom. The lowest BCUT2D eigenvalue weighted by atomic mass is 10.2. The Labute approximate surface area is 158 Å². The monoisotopic (exact) mass is 404 g/mol. The summed E-state index contributed by atoms with van der Waals surface area (Å²) >= 11 is 6.04. The Morgan fingerprint density at radius 3 is 2.26 bits per heavy atom. The molecule has 0 unspecified atom stereocenters. The lowest BCUT2D eigenvalue weighted by Gasteiger charge is -2.14. The van der Waals surface area contributed by atoms with E-state index < -0.39 is 12.3 Å². The number of alkyl halides is 3. The smallest absolute Gasteiger partial charge is 0.495 e. The van der Waals surface area contributed by atoms with Crippen molar-refractivity contribution in [3.05, 3.63) is 41.4 Å². The molecule has 0 aromatic heterocycles. The van der Waals surface area contributed by atoms with Crippen molar-refractivity contribution in [3.8, 4) is 17.2 Å². The molecule has 146 valence electrons. The van der Waals surface area contributed by atoms with E-state index >= 15 is 0 Å². The lowest BCUT2D eigenvalue weighted by molar-refractivity contribution is -0.274. The fourth-order valence-corrected chi connectivity index (χ4v) is 2.35. The normalized spacial score (nSPS) is 10.9. The molecule has 2 aromatic rings. The first-order valence-electron chi connectivity index (χ1n) is 7.53. The first kappa shape index (κ1) is 20.5. The van der Waals surface area contributed by atoms with E-state index in [1.165, 1.54) is 38.5 Å². The van der Waals surface area contributed by atoms with E-state index in [4.69, 9.17) is 21.1 Å². The highest BCUT2D eigenvalue weighted by Gasteiger charge is 2.30. The van der Waals surface area contributed by atoms with Gasteiger partial charge in [-0.3, -0.25) is 4.79 Å². The van der Waals surface area contributed by atoms with Gasteiger partial charge in [-0.2, -0.15) is 0 Å². The molecule has 0 spiro atoms. The molecule has 0 bridgehead atoms. The Balaban J connectivity index is 1.96. The highest BCUT2D eigenvalue weighted by Crippen LogP contribution is 2.35. The number of rotatable bonds is 7. The molecule has 10 heteroatoms. The van der Waals surface area contributed by atoms with Crippen LogP contribution in [0.15, 0.2) is 36.4 Å². The fourth-order valence-electron chi connectivity index (χ4n) is 2.11. The van der Waals surface area contributed by atoms with E-state index in [-0.39, 0.29) is 12.3 Å². The molecule has 6 nitrogen and oxygen atoms in total. The zero-order valence-electron chi connectivity index (χ0n) is 14.3. The van der Waals surface area contributed by atoms with Crippen molar-refractivity contribution in [2.45, 2.75) is 6.36 Å². The quantitative estimate of drug-likeness (QED) is 0.720. The van der Waals surface area contributed by atoms with E-state index in [0.717, 1.165) is 12.1 Å². The zero-order chi connectivity index (χ0) is 20.0. The van der Waals surface area contributed by atoms with Crippen molar-refractivity contribution in [1.82, 2.24) is 0 Å². The molecular weight excluding hydrogens is 389 g/mol. The van der Waals surface area contributed by atoms with Gasteiger partial charge < -0.3 is 24.8 Å². The number of hydrogen-bond donors (Lipinski definition) is 2. The molecule has 2 N–H and O–H groups in total. The van der Waals surface area contributed by atoms with Gasteiger partial charge in [0.1, 0.15) is 17.2 Å². The highest BCUT2D eigenvalue weighted by atomic mass is 35.5. The Bertz CT molecular complexity index is 798. The maximum absolute atomic E-state index is 12.1. The van der Waals surface area contributed by atoms with Crippen molar-refractivity contribution in [2.75, 3.05) is 31.4 Å². The van der Waals surface area contributed by atoms with E-state index in [2.05, 4.69) is 15.4 Å². The van der Waals surface area contributed by atoms with Crippen LogP contribution in [0.2, 0.25) is 5.02 Å². The second-order valence-corrected chi connectivity index (χ2v) is 5.57. The molecule has 0 saturated carbocycles. The largest absolute Gasteiger partial charge is 0.573 e. The van der Waals surface area contributed by atoms with E-state index in [1.54, 1.807) is 0 Å². The molecular formula is C17H16ClF3N2O4. The maximum atomic E-state index is 12.1. The third-order valence-electron chi connectivity index (χ3n) is 3.29. The average Bonchev–Trinajstić information content (AvgIpc) is 2.60. The first-order valence-corrected chi connectivity index (χ1v) is 7.90. The van der Waals surface area contributed by atoms with Crippen LogP contribution in [0, 0.1) is 0 Å². The molecule has 0 atom stereocenters. The number of carbonyl (C=O) groups is 1. The van der Waals surface area contributed by atoms with Crippen LogP contribution in [0.4, 0.5) is 24.5 Å². The van der Waals surface area contributed by atoms with Crippen LogP contribution in [-0.4, -0.2) is 33.0 Å². The lowest BCUT2D eigenvalue weighted by Crippen LogP contribution is -2.22. The Morgan fingerprint density at radius 2 is 1.70 bits per heavy atom. The van der Waals surface area contributed by atoms with E-state index in [0.29, 0.717) is 27.9 Å². The van der Waals surface area contributed by atoms with Gasteiger partial charge in [0.25, 0.3) is 0 Å². The second kappa shape index (κ2) is 8.72. The average molecular weight is 405 g/mol. The zero-order valence-corrected chi connectivity index (χ0v) is 15.1. The molecule has 0 radical (unpaired) electrons. The van der Waals surface area contributed by atoms with Crippen LogP contribution in [0.25, 0.3) is 0 Å². The van der Waals surface area contributed by atoms with E-state index in [1.807, 2.05) is 0 Å². The summed E-state index contributed by atoms with van der Waals surface area (Å²) in [5, 5.41) is 5.70. The van der Waals surface area contributed by atoms with Gasteiger partial charge in [0.05, 0.1) is 31.5 Å². The number of halogens is 4. The Hall–Kier alpha value is -2.81. The molecule has 0 saturated heterocycles. The molecule has 1 amide bonds. The predicted molar refractivity (Wildman–Crippen MR) is 94.8 cm³/mol. The summed E-state index contributed by atoms with van der Waals surface area (Å²) in [5.41, 5.74) is 0.795. The Kier molecular flexibility index (Phi) is 6.62. The molecule has 0 aliphatic heterocycles. The van der Waals surface area contributed by atoms with Crippen LogP contribution in [0.5, 0.6) is 17.2 Å². The minimum Gasteiger partial charge on any atom is -0.495 e. The minimum absolute atomic E-state index is 0.133. The van der Waals surface area contributed by atoms with Gasteiger partial charge in [-0.25, -0.2) is 0 Å². The van der Waals surface area contributed by atoms with Crippen LogP contribution in [0.3, 0.4) is 0 Å². The first-order chi connectivity index (χ1) is 12.7. The summed E-state index contributed by atoms with van der Waals surface area (Å²) in [4.78, 5) is 12.1. The number of methoxy groups -OCH3 is 2. The van der Waals surface area contributed by atoms with Gasteiger partial charge in [-0.05, 0) is 30.3 Å². The number of nitrogens with one attached hydrogen (secondary N) is 2. The summed E-state index contributed by atoms with van der Waals surface area (Å²) < 4.78 is 50.4. The number of anilines is 2. The van der Waals surface area contributed by atoms with Gasteiger partial charge in [0.15, 0.2) is 0 Å². The van der Waals surface area contributed by atoms with Crippen molar-refractivity contribution in [1.29, 1.82) is 0 Å². The fraction of sp³-hybridized carbons (Fsp3) is 0.235. The van der Waals surface area contributed by atoms with Gasteiger partial charge in [-0.15, -0.1) is 13.2 Å². The number of ether oxygens (including phenoxy) is 3. The van der Waals surface area contributed by atoms with Gasteiger partial charge in [-0.1, -0.05) is 11.6 Å². The van der Waals surface area contributed by atoms with Crippen molar-refractivity contribution < 1.29 is 32.2 Å². The molecule has 0 heterocycles. The molecule has 27 heavy (non-hydrogen) atoms. The SMILES string of the molecule is COc1cc(OC)c(NC(=O)CNc2ccc(OC(F)(F)F)cc2)cc1Cl. The number of benzene rings is 2. The van der Waals surface area contributed by atoms with E-state index in [9.17, 15) is 18.0 Å². The number of carbonyl (C=O) groups excluding carboxylic acids is 1. The van der Waals surface area contributed by atoms with Crippen LogP contribution >= 0.6 is 11.6 Å². The molecule has 2 rings (SSSR count). The number of amides is 1. The summed E-state index contributed by atoms with van der Waals surface area (Å²) in [5.74, 6) is -0.00989. The van der Waals surface area contributed by atoms with Gasteiger partial charge in [0.2, 0.25) is 5.91 Å². The third-order valence-corrected chi connectivity index (χ3v) is 3.58. The van der Waals surface area contributed by atoms with Crippen LogP contribution in [-0.2, 0) is 4.79 Å². The highest BCUT2D eigenvalue weighted by molar-refractivity contribution is 6.32. The molecule has 0 aliphatic rings. The van der Waals surface area contributed by atoms with Crippen molar-refractivity contribution in [2.24, 2.45) is 0 Å². The maximum Gasteiger partial charge on any atom is 0.573 e. The third kappa shape index (κ3) is 6.14. The molecule has 2 aromatic carbocycles. The van der Waals surface area contributed by atoms with Crippen LogP contribution in [0.1, 0.15) is 0 Å². The standard InChI is InChI=1S/C17H16ClF3N2O4/c1-25-14-8-15(26-2)13(7-12(14)18)23-16(24)9-22-10-3-5-11(6-4-10)27-17(19,20)21/h3-8,22H,9H2,1-2H3,(H,23,24). The van der Waals surface area contributed by atoms with Crippen molar-refractivity contribution in [3.63, 3.8) is 0 Å². The predicted octanol–water partition coefficient (Wildman–Crippen LogP) is 4.31. The second-order valence-electron chi connectivity index (χ2n) is 5.16. The summed E-state index contributed by atoms with van der Waals surface area (Å²) in [6.45, 7) is -0.133. The van der Waals surface area contributed by atoms with Crippen LogP contribution < -0.4 is 24.8 Å². The topological polar surface area (TPSA) is 68.8 Å². The summed E-state index contributed by atoms with van der Waals surface area (Å²) in [7, 11) is 2.88. The molecule has 0 aliphatic carbocycles. The summed E-state index contributed by atoms with van der Waals surface area (Å²) in [6.07, 6.45) is -4.76. The number of hydrogen-bond acceptors (Lipinski definition) is 5.